The van der Waals surface area contributed by atoms with E-state index in [4.69, 9.17) is 10.6 Å². The predicted molar refractivity (Wildman–Crippen MR) is 155 cm³/mol. The van der Waals surface area contributed by atoms with Crippen LogP contribution in [0.2, 0.25) is 0 Å². The van der Waals surface area contributed by atoms with Gasteiger partial charge in [-0.25, -0.2) is 9.78 Å². The van der Waals surface area contributed by atoms with Crippen LogP contribution in [0.4, 0.5) is 5.13 Å². The first-order valence-corrected chi connectivity index (χ1v) is 15.4. The third-order valence-corrected chi connectivity index (χ3v) is 9.62. The second-order valence-corrected chi connectivity index (χ2v) is 12.3. The Morgan fingerprint density at radius 2 is 2.12 bits per heavy atom. The number of hydrogen-bond donors (Lipinski definition) is 3. The van der Waals surface area contributed by atoms with Crippen molar-refractivity contribution in [3.63, 3.8) is 0 Å². The largest absolute Gasteiger partial charge is 0.477 e. The van der Waals surface area contributed by atoms with Crippen molar-refractivity contribution in [2.24, 2.45) is 5.16 Å². The Balaban J connectivity index is 1.26. The molecule has 1 saturated heterocycles. The number of β-lactam (4-membered cyclic amide) rings is 1. The van der Waals surface area contributed by atoms with Gasteiger partial charge in [-0.15, -0.1) is 33.3 Å². The lowest BCUT2D eigenvalue weighted by molar-refractivity contribution is -0.150. The third kappa shape index (κ3) is 6.19. The van der Waals surface area contributed by atoms with E-state index in [1.54, 1.807) is 17.0 Å². The van der Waals surface area contributed by atoms with Crippen LogP contribution in [0.25, 0.3) is 6.08 Å². The van der Waals surface area contributed by atoms with Gasteiger partial charge < -0.3 is 21.0 Å². The maximum Gasteiger partial charge on any atom is 0.352 e. The Labute approximate surface area is 244 Å². The number of nitrogen functional groups attached to an aromatic ring is 1. The fraction of sp³-hybridized carbons (Fsp3) is 0.208. The monoisotopic (exact) mass is 615 g/mol. The van der Waals surface area contributed by atoms with E-state index in [2.05, 4.69) is 25.7 Å². The number of carbonyl (C=O) groups excluding carboxylic acids is 2. The van der Waals surface area contributed by atoms with Crippen LogP contribution in [0.3, 0.4) is 0 Å². The van der Waals surface area contributed by atoms with Crippen LogP contribution < -0.4 is 11.1 Å². The first-order valence-electron chi connectivity index (χ1n) is 11.6. The fourth-order valence-electron chi connectivity index (χ4n) is 3.87. The van der Waals surface area contributed by atoms with Crippen molar-refractivity contribution in [3.8, 4) is 0 Å². The van der Waals surface area contributed by atoms with E-state index in [1.807, 2.05) is 36.4 Å². The lowest BCUT2D eigenvalue weighted by atomic mass is 10.0. The molecule has 2 atom stereocenters. The molecule has 1 unspecified atom stereocenters. The van der Waals surface area contributed by atoms with Gasteiger partial charge in [0.15, 0.2) is 15.2 Å². The van der Waals surface area contributed by atoms with Gasteiger partial charge in [0.1, 0.15) is 34.9 Å². The van der Waals surface area contributed by atoms with Crippen LogP contribution in [0.1, 0.15) is 11.3 Å². The van der Waals surface area contributed by atoms with Crippen LogP contribution >= 0.6 is 46.2 Å². The molecule has 2 aliphatic heterocycles. The number of thioether (sulfide) groups is 2. The van der Waals surface area contributed by atoms with Gasteiger partial charge in [-0.3, -0.25) is 14.5 Å². The maximum absolute atomic E-state index is 13.2. The number of benzene rings is 1. The minimum Gasteiger partial charge on any atom is -0.477 e. The summed E-state index contributed by atoms with van der Waals surface area (Å²) in [6.45, 7) is 0.0878. The maximum atomic E-state index is 13.2. The molecule has 0 bridgehead atoms. The highest BCUT2D eigenvalue weighted by molar-refractivity contribution is 8.01. The van der Waals surface area contributed by atoms with E-state index in [1.165, 1.54) is 39.8 Å². The molecule has 4 heterocycles. The SMILES string of the molecule is Nc1nc(/C(=N\OC/C=C/c2ccccc2)C(=O)NC2C(=O)N3C(C(=O)O)=C(CSc4nncs4)CS[C@H]23)cs1. The molecular weight excluding hydrogens is 595 g/mol. The highest BCUT2D eigenvalue weighted by Gasteiger charge is 2.54. The van der Waals surface area contributed by atoms with Gasteiger partial charge in [-0.05, 0) is 17.2 Å². The number of nitrogens with one attached hydrogen (secondary N) is 1. The number of aliphatic carboxylic acids is 1. The summed E-state index contributed by atoms with van der Waals surface area (Å²) in [5, 5.41) is 25.5. The van der Waals surface area contributed by atoms with Crippen LogP contribution in [0, 0.1) is 0 Å². The first-order chi connectivity index (χ1) is 19.4. The summed E-state index contributed by atoms with van der Waals surface area (Å²) in [7, 11) is 0. The Morgan fingerprint density at radius 3 is 2.83 bits per heavy atom. The van der Waals surface area contributed by atoms with Gasteiger partial charge in [-0.2, -0.15) is 0 Å². The van der Waals surface area contributed by atoms with Crippen LogP contribution in [0.5, 0.6) is 0 Å². The molecule has 5 rings (SSSR count). The topological polar surface area (TPSA) is 173 Å². The van der Waals surface area contributed by atoms with E-state index >= 15 is 0 Å². The molecule has 1 aromatic carbocycles. The molecule has 40 heavy (non-hydrogen) atoms. The summed E-state index contributed by atoms with van der Waals surface area (Å²) < 4.78 is 0.705. The van der Waals surface area contributed by atoms with Crippen molar-refractivity contribution in [1.29, 1.82) is 0 Å². The first kappa shape index (κ1) is 27.8. The Kier molecular flexibility index (Phi) is 8.78. The van der Waals surface area contributed by atoms with Crippen molar-refractivity contribution in [2.45, 2.75) is 15.8 Å². The molecule has 2 aliphatic rings. The number of carboxylic acids is 1. The third-order valence-electron chi connectivity index (χ3n) is 5.66. The zero-order chi connectivity index (χ0) is 28.1. The van der Waals surface area contributed by atoms with Crippen molar-refractivity contribution in [2.75, 3.05) is 23.8 Å². The van der Waals surface area contributed by atoms with E-state index in [0.717, 1.165) is 16.9 Å². The Morgan fingerprint density at radius 1 is 1.30 bits per heavy atom. The molecule has 16 heteroatoms. The summed E-state index contributed by atoms with van der Waals surface area (Å²) in [4.78, 5) is 49.1. The molecule has 206 valence electrons. The minimum absolute atomic E-state index is 0.0639. The number of nitrogens with zero attached hydrogens (tertiary/aromatic N) is 5. The molecule has 2 amide bonds. The molecule has 3 aromatic rings. The normalized spacial score (nSPS) is 18.9. The number of nitrogens with two attached hydrogens (primary N) is 1. The molecule has 0 saturated carbocycles. The number of hydrogen-bond acceptors (Lipinski definition) is 13. The van der Waals surface area contributed by atoms with Gasteiger partial charge in [-0.1, -0.05) is 64.7 Å². The molecule has 0 radical (unpaired) electrons. The molecule has 0 aliphatic carbocycles. The summed E-state index contributed by atoms with van der Waals surface area (Å²) in [5.74, 6) is -1.67. The van der Waals surface area contributed by atoms with Crippen LogP contribution in [-0.4, -0.2) is 78.2 Å². The minimum atomic E-state index is -1.20. The number of carboxylic acid groups (broad SMARTS) is 1. The molecule has 12 nitrogen and oxygen atoms in total. The number of aromatic nitrogens is 3. The quantitative estimate of drug-likeness (QED) is 0.0951. The number of amides is 2. The molecule has 4 N–H and O–H groups in total. The average Bonchev–Trinajstić information content (AvgIpc) is 3.64. The number of thiazole rings is 1. The highest BCUT2D eigenvalue weighted by Crippen LogP contribution is 2.41. The lowest BCUT2D eigenvalue weighted by Gasteiger charge is -2.49. The lowest BCUT2D eigenvalue weighted by Crippen LogP contribution is -2.71. The number of fused-ring (bicyclic) bond motifs is 1. The smallest absolute Gasteiger partial charge is 0.352 e. The molecule has 2 aromatic heterocycles. The van der Waals surface area contributed by atoms with Gasteiger partial charge in [0.2, 0.25) is 0 Å². The molecule has 1 fully saturated rings. The number of rotatable bonds is 11. The van der Waals surface area contributed by atoms with Crippen molar-refractivity contribution < 1.29 is 24.3 Å². The van der Waals surface area contributed by atoms with Gasteiger partial charge in [0.25, 0.3) is 11.8 Å². The summed E-state index contributed by atoms with van der Waals surface area (Å²) in [5.41, 5.74) is 8.93. The van der Waals surface area contributed by atoms with Crippen molar-refractivity contribution >= 4 is 80.9 Å². The number of anilines is 1. The Bertz CT molecular complexity index is 1490. The van der Waals surface area contributed by atoms with E-state index in [-0.39, 0.29) is 28.8 Å². The van der Waals surface area contributed by atoms with Crippen LogP contribution in [0.15, 0.2) is 68.1 Å². The fourth-order valence-corrected chi connectivity index (χ4v) is 7.39. The second-order valence-electron chi connectivity index (χ2n) is 8.23. The Hall–Kier alpha value is -3.73. The molecule has 0 spiro atoms. The number of oxime groups is 1. The van der Waals surface area contributed by atoms with Gasteiger partial charge in [0.05, 0.1) is 0 Å². The summed E-state index contributed by atoms with van der Waals surface area (Å²) >= 11 is 5.22. The number of carbonyl (C=O) groups is 3. The van der Waals surface area contributed by atoms with E-state index < -0.39 is 29.2 Å². The predicted octanol–water partition coefficient (Wildman–Crippen LogP) is 2.54. The van der Waals surface area contributed by atoms with E-state index in [0.29, 0.717) is 21.4 Å². The van der Waals surface area contributed by atoms with Gasteiger partial charge in [0, 0.05) is 16.9 Å². The zero-order valence-electron chi connectivity index (χ0n) is 20.5. The second kappa shape index (κ2) is 12.6. The van der Waals surface area contributed by atoms with E-state index in [9.17, 15) is 19.5 Å². The molecular formula is C24H21N7O5S4. The highest BCUT2D eigenvalue weighted by atomic mass is 32.2. The summed E-state index contributed by atoms with van der Waals surface area (Å²) in [6, 6.07) is 8.67. The average molecular weight is 616 g/mol. The van der Waals surface area contributed by atoms with Crippen molar-refractivity contribution in [3.05, 3.63) is 69.8 Å². The standard InChI is InChI=1S/C24H21N7O5S4/c25-23-27-15(11-38-23)16(30-36-8-4-7-13-5-2-1-3-6-13)19(32)28-17-20(33)31-18(22(34)35)14(9-37-21(17)31)10-39-24-29-26-12-40-24/h1-7,11-12,17,21H,8-10H2,(H2,25,27)(H,28,32)(H,34,35)/b7-4+,30-16+/t17?,21-/m1/s1. The van der Waals surface area contributed by atoms with Crippen molar-refractivity contribution in [1.82, 2.24) is 25.4 Å². The van der Waals surface area contributed by atoms with Gasteiger partial charge >= 0.3 is 5.97 Å². The van der Waals surface area contributed by atoms with Crippen LogP contribution in [-0.2, 0) is 19.2 Å². The zero-order valence-corrected chi connectivity index (χ0v) is 23.8. The summed E-state index contributed by atoms with van der Waals surface area (Å²) in [6.07, 6.45) is 3.60.